The van der Waals surface area contributed by atoms with Crippen LogP contribution in [0, 0.1) is 22.2 Å². The predicted molar refractivity (Wildman–Crippen MR) is 78.2 cm³/mol. The molecule has 108 valence electrons. The second kappa shape index (κ2) is 5.46. The highest BCUT2D eigenvalue weighted by molar-refractivity contribution is 5.32. The van der Waals surface area contributed by atoms with Crippen molar-refractivity contribution in [2.24, 2.45) is 10.8 Å². The van der Waals surface area contributed by atoms with Crippen molar-refractivity contribution in [2.45, 2.75) is 45.6 Å². The molecule has 1 atom stereocenters. The first kappa shape index (κ1) is 14.9. The monoisotopic (exact) mass is 273 g/mol. The van der Waals surface area contributed by atoms with Gasteiger partial charge in [-0.2, -0.15) is 5.26 Å². The third-order valence-electron chi connectivity index (χ3n) is 4.65. The van der Waals surface area contributed by atoms with E-state index >= 15 is 0 Å². The summed E-state index contributed by atoms with van der Waals surface area (Å²) in [5, 5.41) is 20.3. The smallest absolute Gasteiger partial charge is 0.119 e. The van der Waals surface area contributed by atoms with E-state index < -0.39 is 11.5 Å². The van der Waals surface area contributed by atoms with E-state index in [-0.39, 0.29) is 5.41 Å². The lowest BCUT2D eigenvalue weighted by Gasteiger charge is -2.42. The van der Waals surface area contributed by atoms with Crippen LogP contribution in [0.3, 0.4) is 0 Å². The number of methoxy groups -OCH3 is 1. The van der Waals surface area contributed by atoms with Gasteiger partial charge in [-0.1, -0.05) is 26.0 Å². The Morgan fingerprint density at radius 2 is 1.90 bits per heavy atom. The molecule has 0 aromatic heterocycles. The van der Waals surface area contributed by atoms with E-state index in [1.165, 1.54) is 0 Å². The van der Waals surface area contributed by atoms with E-state index in [1.54, 1.807) is 7.11 Å². The molecule has 0 saturated heterocycles. The largest absolute Gasteiger partial charge is 0.497 e. The molecular weight excluding hydrogens is 250 g/mol. The quantitative estimate of drug-likeness (QED) is 0.910. The van der Waals surface area contributed by atoms with Crippen molar-refractivity contribution in [3.8, 4) is 11.8 Å². The van der Waals surface area contributed by atoms with E-state index in [2.05, 4.69) is 19.9 Å². The van der Waals surface area contributed by atoms with Crippen LogP contribution in [0.15, 0.2) is 24.3 Å². The minimum atomic E-state index is -0.751. The van der Waals surface area contributed by atoms with Gasteiger partial charge in [0.2, 0.25) is 0 Å². The highest BCUT2D eigenvalue weighted by Gasteiger charge is 2.44. The standard InChI is InChI=1S/C17H23NO2/c1-16(2)7-9-17(12-18,10-8-16)15(19)13-5-4-6-14(11-13)20-3/h4-6,11,15,19H,7-10H2,1-3H3. The molecule has 1 unspecified atom stereocenters. The molecule has 1 N–H and O–H groups in total. The van der Waals surface area contributed by atoms with E-state index in [0.717, 1.165) is 31.2 Å². The topological polar surface area (TPSA) is 53.2 Å². The number of rotatable bonds is 3. The zero-order valence-corrected chi connectivity index (χ0v) is 12.5. The van der Waals surface area contributed by atoms with Crippen LogP contribution in [0.4, 0.5) is 0 Å². The zero-order valence-electron chi connectivity index (χ0n) is 12.5. The Morgan fingerprint density at radius 3 is 2.45 bits per heavy atom. The molecule has 20 heavy (non-hydrogen) atoms. The number of hydrogen-bond acceptors (Lipinski definition) is 3. The molecule has 1 aliphatic carbocycles. The number of benzene rings is 1. The van der Waals surface area contributed by atoms with Gasteiger partial charge in [-0.15, -0.1) is 0 Å². The molecule has 0 radical (unpaired) electrons. The Hall–Kier alpha value is -1.53. The van der Waals surface area contributed by atoms with Crippen LogP contribution in [0.2, 0.25) is 0 Å². The van der Waals surface area contributed by atoms with Crippen LogP contribution in [0.1, 0.15) is 51.2 Å². The van der Waals surface area contributed by atoms with Crippen molar-refractivity contribution in [1.29, 1.82) is 5.26 Å². The van der Waals surface area contributed by atoms with Gasteiger partial charge in [-0.3, -0.25) is 0 Å². The number of aliphatic hydroxyl groups is 1. The van der Waals surface area contributed by atoms with Crippen LogP contribution in [0.25, 0.3) is 0 Å². The van der Waals surface area contributed by atoms with Crippen molar-refractivity contribution in [3.05, 3.63) is 29.8 Å². The average molecular weight is 273 g/mol. The lowest BCUT2D eigenvalue weighted by atomic mass is 9.62. The molecule has 1 aromatic rings. The SMILES string of the molecule is COc1cccc(C(O)C2(C#N)CCC(C)(C)CC2)c1. The normalized spacial score (nSPS) is 21.8. The Bertz CT molecular complexity index is 506. The molecule has 3 heteroatoms. The second-order valence-corrected chi connectivity index (χ2v) is 6.61. The minimum Gasteiger partial charge on any atom is -0.497 e. The van der Waals surface area contributed by atoms with Crippen LogP contribution < -0.4 is 4.74 Å². The first-order chi connectivity index (χ1) is 9.42. The molecule has 2 rings (SSSR count). The fourth-order valence-electron chi connectivity index (χ4n) is 2.95. The predicted octanol–water partition coefficient (Wildman–Crippen LogP) is 3.84. The molecular formula is C17H23NO2. The van der Waals surface area contributed by atoms with E-state index in [0.29, 0.717) is 5.75 Å². The van der Waals surface area contributed by atoms with Gasteiger partial charge in [0.15, 0.2) is 0 Å². The Kier molecular flexibility index (Phi) is 4.06. The van der Waals surface area contributed by atoms with Crippen LogP contribution in [-0.4, -0.2) is 12.2 Å². The third kappa shape index (κ3) is 2.81. The third-order valence-corrected chi connectivity index (χ3v) is 4.65. The maximum absolute atomic E-state index is 10.7. The average Bonchev–Trinajstić information content (AvgIpc) is 2.47. The molecule has 1 fully saturated rings. The fourth-order valence-corrected chi connectivity index (χ4v) is 2.95. The van der Waals surface area contributed by atoms with Gasteiger partial charge in [-0.25, -0.2) is 0 Å². The molecule has 3 nitrogen and oxygen atoms in total. The molecule has 1 aliphatic rings. The van der Waals surface area contributed by atoms with Crippen molar-refractivity contribution in [3.63, 3.8) is 0 Å². The van der Waals surface area contributed by atoms with Gasteiger partial charge in [0.05, 0.1) is 24.7 Å². The molecule has 0 aliphatic heterocycles. The lowest BCUT2D eigenvalue weighted by molar-refractivity contribution is 0.00945. The van der Waals surface area contributed by atoms with Gasteiger partial charge in [0, 0.05) is 0 Å². The van der Waals surface area contributed by atoms with Crippen LogP contribution in [-0.2, 0) is 0 Å². The molecule has 0 amide bonds. The number of hydrogen-bond donors (Lipinski definition) is 1. The first-order valence-electron chi connectivity index (χ1n) is 7.16. The van der Waals surface area contributed by atoms with Crippen molar-refractivity contribution >= 4 is 0 Å². The minimum absolute atomic E-state index is 0.272. The van der Waals surface area contributed by atoms with Gasteiger partial charge in [-0.05, 0) is 48.8 Å². The van der Waals surface area contributed by atoms with Crippen molar-refractivity contribution in [2.75, 3.05) is 7.11 Å². The molecule has 1 aromatic carbocycles. The summed E-state index contributed by atoms with van der Waals surface area (Å²) in [6, 6.07) is 9.79. The summed E-state index contributed by atoms with van der Waals surface area (Å²) in [5.74, 6) is 0.714. The highest BCUT2D eigenvalue weighted by atomic mass is 16.5. The summed E-state index contributed by atoms with van der Waals surface area (Å²) in [7, 11) is 1.61. The lowest BCUT2D eigenvalue weighted by Crippen LogP contribution is -2.35. The molecule has 0 heterocycles. The molecule has 0 spiro atoms. The summed E-state index contributed by atoms with van der Waals surface area (Å²) < 4.78 is 5.20. The Balaban J connectivity index is 2.25. The van der Waals surface area contributed by atoms with Gasteiger partial charge >= 0.3 is 0 Å². The molecule has 1 saturated carbocycles. The zero-order chi connectivity index (χ0) is 14.8. The highest BCUT2D eigenvalue weighted by Crippen LogP contribution is 2.51. The van der Waals surface area contributed by atoms with Crippen LogP contribution >= 0.6 is 0 Å². The maximum Gasteiger partial charge on any atom is 0.119 e. The summed E-state index contributed by atoms with van der Waals surface area (Å²) in [5.41, 5.74) is 0.377. The number of ether oxygens (including phenoxy) is 1. The van der Waals surface area contributed by atoms with Gasteiger partial charge < -0.3 is 9.84 Å². The second-order valence-electron chi connectivity index (χ2n) is 6.61. The van der Waals surface area contributed by atoms with E-state index in [1.807, 2.05) is 24.3 Å². The Morgan fingerprint density at radius 1 is 1.25 bits per heavy atom. The molecule has 0 bridgehead atoms. The summed E-state index contributed by atoms with van der Waals surface area (Å²) in [6.45, 7) is 4.46. The number of aliphatic hydroxyl groups excluding tert-OH is 1. The number of nitrogens with zero attached hydrogens (tertiary/aromatic N) is 1. The fraction of sp³-hybridized carbons (Fsp3) is 0.588. The summed E-state index contributed by atoms with van der Waals surface area (Å²) >= 11 is 0. The van der Waals surface area contributed by atoms with E-state index in [9.17, 15) is 10.4 Å². The summed E-state index contributed by atoms with van der Waals surface area (Å²) in [6.07, 6.45) is 2.69. The maximum atomic E-state index is 10.7. The number of nitriles is 1. The summed E-state index contributed by atoms with van der Waals surface area (Å²) in [4.78, 5) is 0. The Labute approximate surface area is 121 Å². The van der Waals surface area contributed by atoms with Crippen molar-refractivity contribution < 1.29 is 9.84 Å². The van der Waals surface area contributed by atoms with E-state index in [4.69, 9.17) is 4.74 Å². The van der Waals surface area contributed by atoms with Crippen molar-refractivity contribution in [1.82, 2.24) is 0 Å². The first-order valence-corrected chi connectivity index (χ1v) is 7.16. The van der Waals surface area contributed by atoms with Crippen LogP contribution in [0.5, 0.6) is 5.75 Å². The van der Waals surface area contributed by atoms with Gasteiger partial charge in [0.25, 0.3) is 0 Å². The van der Waals surface area contributed by atoms with Gasteiger partial charge in [0.1, 0.15) is 5.75 Å².